The number of morpholine rings is 1. The molecule has 0 radical (unpaired) electrons. The molecule has 11 heteroatoms. The van der Waals surface area contributed by atoms with Gasteiger partial charge in [0, 0.05) is 51.2 Å². The minimum atomic E-state index is -0.246. The molecule has 0 atom stereocenters. The van der Waals surface area contributed by atoms with Crippen LogP contribution < -0.4 is 25.8 Å². The molecule has 11 nitrogen and oxygen atoms in total. The van der Waals surface area contributed by atoms with Gasteiger partial charge in [0.1, 0.15) is 16.8 Å². The summed E-state index contributed by atoms with van der Waals surface area (Å²) in [7, 11) is 3.27. The van der Waals surface area contributed by atoms with Gasteiger partial charge in [-0.05, 0) is 37.8 Å². The summed E-state index contributed by atoms with van der Waals surface area (Å²) in [6, 6.07) is 5.70. The molecule has 2 aliphatic rings. The van der Waals surface area contributed by atoms with Crippen LogP contribution in [0.1, 0.15) is 36.2 Å². The largest absolute Gasteiger partial charge is 0.489 e. The minimum absolute atomic E-state index is 0.0192. The third-order valence-corrected chi connectivity index (χ3v) is 6.76. The molecule has 36 heavy (non-hydrogen) atoms. The number of hydrogen-bond donors (Lipinski definition) is 2. The molecule has 3 aromatic rings. The highest BCUT2D eigenvalue weighted by atomic mass is 16.5. The third-order valence-electron chi connectivity index (χ3n) is 6.76. The highest BCUT2D eigenvalue weighted by molar-refractivity contribution is 5.92. The first kappa shape index (κ1) is 24.0. The van der Waals surface area contributed by atoms with Gasteiger partial charge in [-0.1, -0.05) is 0 Å². The molecule has 1 aromatic carbocycles. The van der Waals surface area contributed by atoms with Gasteiger partial charge in [-0.25, -0.2) is 15.0 Å². The van der Waals surface area contributed by atoms with E-state index in [9.17, 15) is 9.59 Å². The lowest BCUT2D eigenvalue weighted by Gasteiger charge is -2.31. The number of ether oxygens (including phenoxy) is 2. The summed E-state index contributed by atoms with van der Waals surface area (Å²) >= 11 is 0. The van der Waals surface area contributed by atoms with E-state index in [1.54, 1.807) is 32.7 Å². The van der Waals surface area contributed by atoms with Crippen molar-refractivity contribution < 1.29 is 14.3 Å². The number of aryl methyl sites for hydroxylation is 1. The van der Waals surface area contributed by atoms with Crippen LogP contribution in [0.15, 0.2) is 35.5 Å². The van der Waals surface area contributed by atoms with Gasteiger partial charge in [-0.15, -0.1) is 0 Å². The van der Waals surface area contributed by atoms with E-state index in [2.05, 4.69) is 30.5 Å². The quantitative estimate of drug-likeness (QED) is 0.528. The zero-order chi connectivity index (χ0) is 25.1. The third kappa shape index (κ3) is 5.11. The van der Waals surface area contributed by atoms with Crippen LogP contribution in [-0.4, -0.2) is 70.9 Å². The van der Waals surface area contributed by atoms with Crippen molar-refractivity contribution in [2.75, 3.05) is 43.6 Å². The van der Waals surface area contributed by atoms with Gasteiger partial charge in [0.05, 0.1) is 31.2 Å². The Balaban J connectivity index is 1.30. The van der Waals surface area contributed by atoms with Crippen molar-refractivity contribution in [3.8, 4) is 5.75 Å². The standard InChI is InChI=1S/C25H31N7O4/c1-26-23(33)19-7-8-27-25(30-19)29-16-3-5-18(6-4-16)36-21-14-17(32-9-11-35-12-10-32)13-20-22(21)24(34)31(2)15-28-20/h7-8,13-16,18H,3-6,9-12H2,1-2H3,(H,26,33)(H,27,29,30). The average Bonchev–Trinajstić information content (AvgIpc) is 2.92. The van der Waals surface area contributed by atoms with E-state index in [4.69, 9.17) is 9.47 Å². The Morgan fingerprint density at radius 1 is 1.14 bits per heavy atom. The fourth-order valence-corrected chi connectivity index (χ4v) is 4.75. The number of aromatic nitrogens is 4. The van der Waals surface area contributed by atoms with Crippen LogP contribution in [0.4, 0.5) is 11.6 Å². The van der Waals surface area contributed by atoms with Crippen molar-refractivity contribution in [1.29, 1.82) is 0 Å². The second kappa shape index (κ2) is 10.5. The first-order valence-electron chi connectivity index (χ1n) is 12.3. The van der Waals surface area contributed by atoms with Crippen molar-refractivity contribution >= 4 is 28.4 Å². The zero-order valence-electron chi connectivity index (χ0n) is 20.6. The van der Waals surface area contributed by atoms with Gasteiger partial charge in [0.2, 0.25) is 5.95 Å². The van der Waals surface area contributed by atoms with E-state index in [0.29, 0.717) is 41.5 Å². The number of anilines is 2. The summed E-state index contributed by atoms with van der Waals surface area (Å²) < 4.78 is 13.5. The van der Waals surface area contributed by atoms with E-state index in [1.807, 2.05) is 12.1 Å². The van der Waals surface area contributed by atoms with Crippen LogP contribution in [0, 0.1) is 0 Å². The second-order valence-corrected chi connectivity index (χ2v) is 9.18. The molecule has 1 saturated carbocycles. The Morgan fingerprint density at radius 3 is 2.67 bits per heavy atom. The lowest BCUT2D eigenvalue weighted by Crippen LogP contribution is -2.36. The van der Waals surface area contributed by atoms with Crippen LogP contribution in [0.3, 0.4) is 0 Å². The zero-order valence-corrected chi connectivity index (χ0v) is 20.6. The molecular weight excluding hydrogens is 462 g/mol. The van der Waals surface area contributed by atoms with Gasteiger partial charge >= 0.3 is 0 Å². The molecule has 1 amide bonds. The highest BCUT2D eigenvalue weighted by Crippen LogP contribution is 2.32. The molecule has 2 N–H and O–H groups in total. The topological polar surface area (TPSA) is 123 Å². The number of nitrogens with zero attached hydrogens (tertiary/aromatic N) is 5. The van der Waals surface area contributed by atoms with Crippen LogP contribution in [0.25, 0.3) is 10.9 Å². The van der Waals surface area contributed by atoms with Crippen molar-refractivity contribution in [3.63, 3.8) is 0 Å². The number of amides is 1. The van der Waals surface area contributed by atoms with Gasteiger partial charge in [-0.3, -0.25) is 9.59 Å². The van der Waals surface area contributed by atoms with E-state index < -0.39 is 0 Å². The minimum Gasteiger partial charge on any atom is -0.489 e. The van der Waals surface area contributed by atoms with Crippen molar-refractivity contribution in [3.05, 3.63) is 46.8 Å². The van der Waals surface area contributed by atoms with E-state index in [-0.39, 0.29) is 23.6 Å². The van der Waals surface area contributed by atoms with Gasteiger partial charge in [-0.2, -0.15) is 0 Å². The summed E-state index contributed by atoms with van der Waals surface area (Å²) in [6.07, 6.45) is 6.46. The molecule has 5 rings (SSSR count). The lowest BCUT2D eigenvalue weighted by atomic mass is 9.93. The number of rotatable bonds is 6. The lowest BCUT2D eigenvalue weighted by molar-refractivity contribution is 0.0958. The Labute approximate surface area is 208 Å². The Bertz CT molecular complexity index is 1300. The van der Waals surface area contributed by atoms with E-state index in [1.165, 1.54) is 4.57 Å². The Hall–Kier alpha value is -3.73. The fourth-order valence-electron chi connectivity index (χ4n) is 4.75. The smallest absolute Gasteiger partial charge is 0.269 e. The van der Waals surface area contributed by atoms with Gasteiger partial charge in [0.15, 0.2) is 0 Å². The van der Waals surface area contributed by atoms with Gasteiger partial charge < -0.3 is 29.6 Å². The van der Waals surface area contributed by atoms with Crippen molar-refractivity contribution in [2.24, 2.45) is 7.05 Å². The molecular formula is C25H31N7O4. The van der Waals surface area contributed by atoms with Crippen LogP contribution in [0.2, 0.25) is 0 Å². The fraction of sp³-hybridized carbons (Fsp3) is 0.480. The normalized spacial score (nSPS) is 20.2. The van der Waals surface area contributed by atoms with Gasteiger partial charge in [0.25, 0.3) is 11.5 Å². The predicted molar refractivity (Wildman–Crippen MR) is 136 cm³/mol. The molecule has 1 aliphatic heterocycles. The first-order chi connectivity index (χ1) is 17.5. The summed E-state index contributed by atoms with van der Waals surface area (Å²) in [5.74, 6) is 0.782. The summed E-state index contributed by atoms with van der Waals surface area (Å²) in [5, 5.41) is 6.43. The maximum atomic E-state index is 13.0. The number of nitrogens with one attached hydrogen (secondary N) is 2. The molecule has 3 heterocycles. The number of carbonyl (C=O) groups is 1. The molecule has 190 valence electrons. The molecule has 1 aliphatic carbocycles. The number of hydrogen-bond acceptors (Lipinski definition) is 9. The monoisotopic (exact) mass is 493 g/mol. The summed E-state index contributed by atoms with van der Waals surface area (Å²) in [6.45, 7) is 2.92. The molecule has 0 unspecified atom stereocenters. The molecule has 2 aromatic heterocycles. The summed E-state index contributed by atoms with van der Waals surface area (Å²) in [4.78, 5) is 40.1. The van der Waals surface area contributed by atoms with Crippen molar-refractivity contribution in [2.45, 2.75) is 37.8 Å². The number of fused-ring (bicyclic) bond motifs is 1. The van der Waals surface area contributed by atoms with Crippen LogP contribution >= 0.6 is 0 Å². The average molecular weight is 494 g/mol. The highest BCUT2D eigenvalue weighted by Gasteiger charge is 2.25. The maximum Gasteiger partial charge on any atom is 0.269 e. The molecule has 0 spiro atoms. The van der Waals surface area contributed by atoms with E-state index >= 15 is 0 Å². The van der Waals surface area contributed by atoms with Crippen LogP contribution in [-0.2, 0) is 11.8 Å². The SMILES string of the molecule is CNC(=O)c1ccnc(NC2CCC(Oc3cc(N4CCOCC4)cc4ncn(C)c(=O)c34)CC2)n1. The predicted octanol–water partition coefficient (Wildman–Crippen LogP) is 1.72. The molecule has 2 fully saturated rings. The summed E-state index contributed by atoms with van der Waals surface area (Å²) in [5.41, 5.74) is 1.84. The number of benzene rings is 1. The molecule has 0 bridgehead atoms. The van der Waals surface area contributed by atoms with Crippen molar-refractivity contribution in [1.82, 2.24) is 24.8 Å². The Kier molecular flexibility index (Phi) is 6.99. The van der Waals surface area contributed by atoms with E-state index in [0.717, 1.165) is 44.5 Å². The Morgan fingerprint density at radius 2 is 1.92 bits per heavy atom. The first-order valence-corrected chi connectivity index (χ1v) is 12.3. The second-order valence-electron chi connectivity index (χ2n) is 9.18. The maximum absolute atomic E-state index is 13.0. The molecule has 1 saturated heterocycles. The number of carbonyl (C=O) groups excluding carboxylic acids is 1. The van der Waals surface area contributed by atoms with Crippen LogP contribution in [0.5, 0.6) is 5.75 Å².